The van der Waals surface area contributed by atoms with Gasteiger partial charge in [0.05, 0.1) is 0 Å². The number of hydrogen-bond acceptors (Lipinski definition) is 0. The summed E-state index contributed by atoms with van der Waals surface area (Å²) in [6.45, 7) is 0. The van der Waals surface area contributed by atoms with Gasteiger partial charge in [0.25, 0.3) is 0 Å². The van der Waals surface area contributed by atoms with Crippen LogP contribution in [-0.2, 0) is 4.33 Å². The summed E-state index contributed by atoms with van der Waals surface area (Å²) in [7, 11) is 0. The number of benzene rings is 1. The van der Waals surface area contributed by atoms with E-state index in [1.54, 1.807) is 18.2 Å². The summed E-state index contributed by atoms with van der Waals surface area (Å²) in [6.07, 6.45) is 0. The van der Waals surface area contributed by atoms with Gasteiger partial charge in [-0.25, -0.2) is 0 Å². The molecule has 0 bridgehead atoms. The summed E-state index contributed by atoms with van der Waals surface area (Å²) in [6, 6.07) is 9.88. The predicted molar refractivity (Wildman–Crippen MR) is 54.2 cm³/mol. The van der Waals surface area contributed by atoms with E-state index in [0.29, 0.717) is 5.56 Å². The van der Waals surface area contributed by atoms with Gasteiger partial charge in [0.2, 0.25) is 0 Å². The van der Waals surface area contributed by atoms with Crippen LogP contribution in [0.3, 0.4) is 0 Å². The van der Waals surface area contributed by atoms with E-state index in [2.05, 4.69) is 6.07 Å². The van der Waals surface area contributed by atoms with Crippen LogP contribution in [0, 0.1) is 6.07 Å². The molecule has 0 nitrogen and oxygen atoms in total. The fourth-order valence-corrected chi connectivity index (χ4v) is 1.19. The van der Waals surface area contributed by atoms with Crippen molar-refractivity contribution in [2.24, 2.45) is 0 Å². The highest BCUT2D eigenvalue weighted by Gasteiger charge is 2.34. The lowest BCUT2D eigenvalue weighted by Gasteiger charge is -2.20. The average molecular weight is 243 g/mol. The van der Waals surface area contributed by atoms with Gasteiger partial charge in [-0.1, -0.05) is 47.5 Å². The molecule has 4 heteroatoms. The number of rotatable bonds is 2. The standard InChI is InChI=1S/C8H5Cl4/c9-7(10)8(11,12)6-4-2-1-3-5-6/h1-4,7H. The minimum Gasteiger partial charge on any atom is -0.102 e. The molecule has 1 radical (unpaired) electrons. The Morgan fingerprint density at radius 1 is 1.25 bits per heavy atom. The van der Waals surface area contributed by atoms with Gasteiger partial charge in [0.1, 0.15) is 4.84 Å². The largest absolute Gasteiger partial charge is 0.173 e. The zero-order chi connectivity index (χ0) is 9.19. The van der Waals surface area contributed by atoms with Gasteiger partial charge in [0.15, 0.2) is 4.33 Å². The molecule has 1 aromatic carbocycles. The second-order valence-corrected chi connectivity index (χ2v) is 4.68. The summed E-state index contributed by atoms with van der Waals surface area (Å²) < 4.78 is -1.29. The van der Waals surface area contributed by atoms with E-state index in [1.165, 1.54) is 0 Å². The summed E-state index contributed by atoms with van der Waals surface area (Å²) in [4.78, 5) is -0.875. The smallest absolute Gasteiger partial charge is 0.102 e. The molecule has 0 aromatic heterocycles. The van der Waals surface area contributed by atoms with Crippen LogP contribution < -0.4 is 0 Å². The fraction of sp³-hybridized carbons (Fsp3) is 0.250. The van der Waals surface area contributed by atoms with Crippen molar-refractivity contribution < 1.29 is 0 Å². The van der Waals surface area contributed by atoms with E-state index in [-0.39, 0.29) is 0 Å². The minimum atomic E-state index is -1.29. The van der Waals surface area contributed by atoms with Gasteiger partial charge in [-0.2, -0.15) is 0 Å². The molecule has 1 rings (SSSR count). The molecule has 0 fully saturated rings. The number of halogens is 4. The summed E-state index contributed by atoms with van der Waals surface area (Å²) in [5, 5.41) is 0. The van der Waals surface area contributed by atoms with Crippen LogP contribution in [0.2, 0.25) is 0 Å². The molecule has 0 amide bonds. The Bertz CT molecular complexity index is 242. The van der Waals surface area contributed by atoms with Gasteiger partial charge < -0.3 is 0 Å². The Morgan fingerprint density at radius 3 is 2.33 bits per heavy atom. The molecule has 0 unspecified atom stereocenters. The van der Waals surface area contributed by atoms with E-state index in [0.717, 1.165) is 0 Å². The molecule has 0 aliphatic rings. The van der Waals surface area contributed by atoms with Crippen LogP contribution >= 0.6 is 46.4 Å². The van der Waals surface area contributed by atoms with Gasteiger partial charge in [-0.15, -0.1) is 23.2 Å². The Hall–Kier alpha value is 0.380. The van der Waals surface area contributed by atoms with Crippen LogP contribution in [0.1, 0.15) is 5.56 Å². The van der Waals surface area contributed by atoms with Crippen LogP contribution in [0.4, 0.5) is 0 Å². The van der Waals surface area contributed by atoms with Crippen molar-refractivity contribution in [2.45, 2.75) is 9.17 Å². The molecular weight excluding hydrogens is 238 g/mol. The maximum atomic E-state index is 5.87. The molecule has 0 heterocycles. The van der Waals surface area contributed by atoms with E-state index < -0.39 is 9.17 Å². The van der Waals surface area contributed by atoms with Crippen molar-refractivity contribution >= 4 is 46.4 Å². The Balaban J connectivity index is 2.98. The molecule has 12 heavy (non-hydrogen) atoms. The highest BCUT2D eigenvalue weighted by Crippen LogP contribution is 2.41. The normalized spacial score (nSPS) is 12.1. The topological polar surface area (TPSA) is 0 Å². The Morgan fingerprint density at radius 2 is 1.92 bits per heavy atom. The molecular formula is C8H5Cl4. The monoisotopic (exact) mass is 241 g/mol. The van der Waals surface area contributed by atoms with E-state index >= 15 is 0 Å². The molecule has 0 saturated carbocycles. The second-order valence-electron chi connectivity index (χ2n) is 2.20. The molecule has 0 atom stereocenters. The van der Waals surface area contributed by atoms with Gasteiger partial charge in [0, 0.05) is 0 Å². The van der Waals surface area contributed by atoms with Crippen LogP contribution in [0.5, 0.6) is 0 Å². The number of alkyl halides is 4. The lowest BCUT2D eigenvalue weighted by molar-refractivity contribution is 0.931. The van der Waals surface area contributed by atoms with Crippen molar-refractivity contribution in [1.82, 2.24) is 0 Å². The third-order valence-electron chi connectivity index (χ3n) is 1.34. The first-order valence-corrected chi connectivity index (χ1v) is 4.81. The van der Waals surface area contributed by atoms with E-state index in [4.69, 9.17) is 46.4 Å². The van der Waals surface area contributed by atoms with Crippen molar-refractivity contribution in [1.29, 1.82) is 0 Å². The third kappa shape index (κ3) is 2.20. The molecule has 0 aliphatic heterocycles. The van der Waals surface area contributed by atoms with Crippen molar-refractivity contribution in [3.8, 4) is 0 Å². The van der Waals surface area contributed by atoms with Crippen molar-refractivity contribution in [2.75, 3.05) is 0 Å². The first-order valence-electron chi connectivity index (χ1n) is 3.18. The molecule has 0 N–H and O–H groups in total. The minimum absolute atomic E-state index is 0.573. The summed E-state index contributed by atoms with van der Waals surface area (Å²) >= 11 is 22.9. The fourth-order valence-electron chi connectivity index (χ4n) is 0.718. The Labute approximate surface area is 91.4 Å². The van der Waals surface area contributed by atoms with Crippen molar-refractivity contribution in [3.63, 3.8) is 0 Å². The molecule has 0 spiro atoms. The maximum Gasteiger partial charge on any atom is 0.173 e. The van der Waals surface area contributed by atoms with Crippen LogP contribution in [0.15, 0.2) is 24.3 Å². The summed E-state index contributed by atoms with van der Waals surface area (Å²) in [5.41, 5.74) is 0.573. The highest BCUT2D eigenvalue weighted by atomic mass is 35.5. The van der Waals surface area contributed by atoms with Gasteiger partial charge in [-0.05, 0) is 11.6 Å². The average Bonchev–Trinajstić information content (AvgIpc) is 2.06. The van der Waals surface area contributed by atoms with Gasteiger partial charge in [-0.3, -0.25) is 0 Å². The SMILES string of the molecule is ClC(Cl)C(Cl)(Cl)c1[c]cccc1. The van der Waals surface area contributed by atoms with E-state index in [1.807, 2.05) is 6.07 Å². The summed E-state index contributed by atoms with van der Waals surface area (Å²) in [5.74, 6) is 0. The quantitative estimate of drug-likeness (QED) is 0.690. The van der Waals surface area contributed by atoms with Crippen molar-refractivity contribution in [3.05, 3.63) is 35.9 Å². The first kappa shape index (κ1) is 10.5. The Kier molecular flexibility index (Phi) is 3.54. The molecule has 0 aliphatic carbocycles. The third-order valence-corrected chi connectivity index (χ3v) is 3.29. The maximum absolute atomic E-state index is 5.87. The predicted octanol–water partition coefficient (Wildman–Crippen LogP) is 3.92. The lowest BCUT2D eigenvalue weighted by Crippen LogP contribution is -2.18. The van der Waals surface area contributed by atoms with Gasteiger partial charge >= 0.3 is 0 Å². The molecule has 65 valence electrons. The lowest BCUT2D eigenvalue weighted by atomic mass is 10.2. The molecule has 1 aromatic rings. The second kappa shape index (κ2) is 4.06. The van der Waals surface area contributed by atoms with Crippen LogP contribution in [-0.4, -0.2) is 4.84 Å². The zero-order valence-corrected chi connectivity index (χ0v) is 8.92. The number of hydrogen-bond donors (Lipinski definition) is 0. The van der Waals surface area contributed by atoms with E-state index in [9.17, 15) is 0 Å². The van der Waals surface area contributed by atoms with Crippen LogP contribution in [0.25, 0.3) is 0 Å². The highest BCUT2D eigenvalue weighted by molar-refractivity contribution is 6.59. The zero-order valence-electron chi connectivity index (χ0n) is 5.90. The first-order chi connectivity index (χ1) is 5.55. The molecule has 0 saturated heterocycles.